The van der Waals surface area contributed by atoms with Crippen molar-refractivity contribution in [1.82, 2.24) is 10.6 Å². The van der Waals surface area contributed by atoms with Gasteiger partial charge in [0.1, 0.15) is 0 Å². The lowest BCUT2D eigenvalue weighted by Gasteiger charge is -2.10. The van der Waals surface area contributed by atoms with Gasteiger partial charge in [0.05, 0.1) is 5.92 Å². The second-order valence-corrected chi connectivity index (χ2v) is 4.34. The minimum absolute atomic E-state index is 0.0349. The molecule has 0 saturated carbocycles. The minimum atomic E-state index is -0.132. The van der Waals surface area contributed by atoms with Crippen LogP contribution >= 0.6 is 0 Å². The molecule has 0 aromatic heterocycles. The van der Waals surface area contributed by atoms with Crippen LogP contribution in [-0.2, 0) is 4.79 Å². The van der Waals surface area contributed by atoms with Gasteiger partial charge in [-0.05, 0) is 37.2 Å². The average molecular weight is 247 g/mol. The first kappa shape index (κ1) is 12.6. The highest BCUT2D eigenvalue weighted by molar-refractivity contribution is 5.96. The fourth-order valence-electron chi connectivity index (χ4n) is 1.97. The summed E-state index contributed by atoms with van der Waals surface area (Å²) in [7, 11) is 1.59. The molecule has 0 spiro atoms. The molecule has 96 valence electrons. The molecule has 1 heterocycles. The molecule has 1 aliphatic rings. The van der Waals surface area contributed by atoms with Gasteiger partial charge in [0.2, 0.25) is 5.91 Å². The molecule has 1 unspecified atom stereocenters. The monoisotopic (exact) mass is 247 g/mol. The summed E-state index contributed by atoms with van der Waals surface area (Å²) in [6, 6.07) is 6.87. The van der Waals surface area contributed by atoms with Crippen molar-refractivity contribution in [3.8, 4) is 0 Å². The zero-order chi connectivity index (χ0) is 13.0. The van der Waals surface area contributed by atoms with Crippen LogP contribution in [-0.4, -0.2) is 32.0 Å². The van der Waals surface area contributed by atoms with E-state index >= 15 is 0 Å². The summed E-state index contributed by atoms with van der Waals surface area (Å²) in [5.41, 5.74) is 1.30. The van der Waals surface area contributed by atoms with E-state index in [4.69, 9.17) is 0 Å². The van der Waals surface area contributed by atoms with E-state index < -0.39 is 0 Å². The molecule has 3 N–H and O–H groups in total. The second-order valence-electron chi connectivity index (χ2n) is 4.34. The summed E-state index contributed by atoms with van der Waals surface area (Å²) < 4.78 is 0. The summed E-state index contributed by atoms with van der Waals surface area (Å²) in [6.07, 6.45) is 0.877. The first-order valence-electron chi connectivity index (χ1n) is 6.04. The molecule has 2 rings (SSSR count). The first-order chi connectivity index (χ1) is 8.70. The van der Waals surface area contributed by atoms with E-state index in [-0.39, 0.29) is 17.7 Å². The Hall–Kier alpha value is -1.88. The molecule has 1 aromatic carbocycles. The number of carbonyl (C=O) groups excluding carboxylic acids is 2. The van der Waals surface area contributed by atoms with Crippen molar-refractivity contribution in [3.05, 3.63) is 29.8 Å². The molecule has 5 nitrogen and oxygen atoms in total. The molecular weight excluding hydrogens is 230 g/mol. The van der Waals surface area contributed by atoms with Gasteiger partial charge in [-0.3, -0.25) is 9.59 Å². The van der Waals surface area contributed by atoms with Crippen LogP contribution in [0.5, 0.6) is 0 Å². The maximum Gasteiger partial charge on any atom is 0.251 e. The zero-order valence-corrected chi connectivity index (χ0v) is 10.3. The number of rotatable bonds is 3. The highest BCUT2D eigenvalue weighted by atomic mass is 16.2. The Labute approximate surface area is 106 Å². The Morgan fingerprint density at radius 2 is 2.00 bits per heavy atom. The Balaban J connectivity index is 1.97. The van der Waals surface area contributed by atoms with E-state index in [9.17, 15) is 9.59 Å². The van der Waals surface area contributed by atoms with E-state index in [1.165, 1.54) is 0 Å². The number of benzene rings is 1. The van der Waals surface area contributed by atoms with E-state index in [2.05, 4.69) is 16.0 Å². The third kappa shape index (κ3) is 2.87. The van der Waals surface area contributed by atoms with Crippen molar-refractivity contribution < 1.29 is 9.59 Å². The van der Waals surface area contributed by atoms with Crippen LogP contribution < -0.4 is 16.0 Å². The number of nitrogens with one attached hydrogen (secondary N) is 3. The van der Waals surface area contributed by atoms with Gasteiger partial charge in [-0.2, -0.15) is 0 Å². The molecule has 1 saturated heterocycles. The summed E-state index contributed by atoms with van der Waals surface area (Å²) in [4.78, 5) is 23.2. The molecule has 0 aliphatic carbocycles. The van der Waals surface area contributed by atoms with Crippen molar-refractivity contribution >= 4 is 17.5 Å². The summed E-state index contributed by atoms with van der Waals surface area (Å²) in [6.45, 7) is 1.63. The highest BCUT2D eigenvalue weighted by Gasteiger charge is 2.22. The number of hydrogen-bond acceptors (Lipinski definition) is 3. The molecule has 2 amide bonds. The number of carbonyl (C=O) groups is 2. The number of anilines is 1. The van der Waals surface area contributed by atoms with Crippen LogP contribution in [0.1, 0.15) is 16.8 Å². The third-order valence-electron chi connectivity index (χ3n) is 3.07. The average Bonchev–Trinajstić information content (AvgIpc) is 2.92. The predicted molar refractivity (Wildman–Crippen MR) is 69.4 cm³/mol. The van der Waals surface area contributed by atoms with Gasteiger partial charge in [-0.25, -0.2) is 0 Å². The molecule has 1 fully saturated rings. The molecule has 1 aliphatic heterocycles. The van der Waals surface area contributed by atoms with Crippen molar-refractivity contribution in [3.63, 3.8) is 0 Å². The Morgan fingerprint density at radius 3 is 2.56 bits per heavy atom. The SMILES string of the molecule is CNC(=O)c1ccc(NC(=O)C2CCNC2)cc1. The number of amides is 2. The van der Waals surface area contributed by atoms with Gasteiger partial charge in [-0.1, -0.05) is 0 Å². The maximum atomic E-state index is 11.9. The lowest BCUT2D eigenvalue weighted by atomic mass is 10.1. The lowest BCUT2D eigenvalue weighted by molar-refractivity contribution is -0.119. The normalized spacial score (nSPS) is 18.4. The van der Waals surface area contributed by atoms with Crippen LogP contribution in [0.25, 0.3) is 0 Å². The first-order valence-corrected chi connectivity index (χ1v) is 6.04. The van der Waals surface area contributed by atoms with Crippen molar-refractivity contribution in [1.29, 1.82) is 0 Å². The van der Waals surface area contributed by atoms with E-state index in [1.807, 2.05) is 0 Å². The predicted octanol–water partition coefficient (Wildman–Crippen LogP) is 0.594. The highest BCUT2D eigenvalue weighted by Crippen LogP contribution is 2.14. The summed E-state index contributed by atoms with van der Waals surface area (Å²) in [5.74, 6) is -0.0517. The van der Waals surface area contributed by atoms with Crippen molar-refractivity contribution in [2.45, 2.75) is 6.42 Å². The van der Waals surface area contributed by atoms with Crippen molar-refractivity contribution in [2.24, 2.45) is 5.92 Å². The van der Waals surface area contributed by atoms with Crippen LogP contribution in [0, 0.1) is 5.92 Å². The van der Waals surface area contributed by atoms with Gasteiger partial charge >= 0.3 is 0 Å². The topological polar surface area (TPSA) is 70.2 Å². The zero-order valence-electron chi connectivity index (χ0n) is 10.3. The molecule has 0 bridgehead atoms. The summed E-state index contributed by atoms with van der Waals surface area (Å²) in [5, 5.41) is 8.57. The standard InChI is InChI=1S/C13H17N3O2/c1-14-12(17)9-2-4-11(5-3-9)16-13(18)10-6-7-15-8-10/h2-5,10,15H,6-8H2,1H3,(H,14,17)(H,16,18). The van der Waals surface area contributed by atoms with Crippen LogP contribution in [0.15, 0.2) is 24.3 Å². The van der Waals surface area contributed by atoms with E-state index in [0.717, 1.165) is 25.2 Å². The molecule has 18 heavy (non-hydrogen) atoms. The van der Waals surface area contributed by atoms with Gasteiger partial charge in [0, 0.05) is 24.8 Å². The molecule has 5 heteroatoms. The van der Waals surface area contributed by atoms with Gasteiger partial charge < -0.3 is 16.0 Å². The smallest absolute Gasteiger partial charge is 0.251 e. The largest absolute Gasteiger partial charge is 0.355 e. The van der Waals surface area contributed by atoms with Crippen molar-refractivity contribution in [2.75, 3.05) is 25.5 Å². The van der Waals surface area contributed by atoms with Gasteiger partial charge in [0.15, 0.2) is 0 Å². The quantitative estimate of drug-likeness (QED) is 0.732. The molecule has 1 atom stereocenters. The number of hydrogen-bond donors (Lipinski definition) is 3. The maximum absolute atomic E-state index is 11.9. The lowest BCUT2D eigenvalue weighted by Crippen LogP contribution is -2.24. The second kappa shape index (κ2) is 5.64. The Morgan fingerprint density at radius 1 is 1.28 bits per heavy atom. The van der Waals surface area contributed by atoms with Crippen LogP contribution in [0.3, 0.4) is 0 Å². The summed E-state index contributed by atoms with van der Waals surface area (Å²) >= 11 is 0. The molecule has 1 aromatic rings. The van der Waals surface area contributed by atoms with E-state index in [1.54, 1.807) is 31.3 Å². The van der Waals surface area contributed by atoms with Gasteiger partial charge in [0.25, 0.3) is 5.91 Å². The van der Waals surface area contributed by atoms with Gasteiger partial charge in [-0.15, -0.1) is 0 Å². The Kier molecular flexibility index (Phi) is 3.94. The third-order valence-corrected chi connectivity index (χ3v) is 3.07. The minimum Gasteiger partial charge on any atom is -0.355 e. The Bertz CT molecular complexity index is 436. The van der Waals surface area contributed by atoms with Crippen LogP contribution in [0.2, 0.25) is 0 Å². The fourth-order valence-corrected chi connectivity index (χ4v) is 1.97. The molecular formula is C13H17N3O2. The van der Waals surface area contributed by atoms with Crippen LogP contribution in [0.4, 0.5) is 5.69 Å². The van der Waals surface area contributed by atoms with E-state index in [0.29, 0.717) is 5.56 Å². The fraction of sp³-hybridized carbons (Fsp3) is 0.385. The molecule has 0 radical (unpaired) electrons.